The van der Waals surface area contributed by atoms with Gasteiger partial charge in [-0.25, -0.2) is 0 Å². The highest BCUT2D eigenvalue weighted by molar-refractivity contribution is 6.11. The summed E-state index contributed by atoms with van der Waals surface area (Å²) in [6, 6.07) is 64.8. The fourth-order valence-electron chi connectivity index (χ4n) is 9.38. The van der Waals surface area contributed by atoms with Gasteiger partial charge in [-0.3, -0.25) is 9.97 Å². The van der Waals surface area contributed by atoms with Crippen molar-refractivity contribution in [1.29, 1.82) is 10.5 Å². The maximum atomic E-state index is 9.50. The number of aromatic nitrogens is 2. The third-order valence-electron chi connectivity index (χ3n) is 11.9. The lowest BCUT2D eigenvalue weighted by Gasteiger charge is -2.31. The van der Waals surface area contributed by atoms with Gasteiger partial charge in [0, 0.05) is 23.5 Å². The van der Waals surface area contributed by atoms with E-state index in [0.717, 1.165) is 39.2 Å². The van der Waals surface area contributed by atoms with Crippen molar-refractivity contribution in [2.24, 2.45) is 0 Å². The number of fused-ring (bicyclic) bond motifs is 12. The maximum Gasteiger partial charge on any atom is 0.0992 e. The zero-order valence-electron chi connectivity index (χ0n) is 30.6. The predicted octanol–water partition coefficient (Wildman–Crippen LogP) is 12.4. The smallest absolute Gasteiger partial charge is 0.0992 e. The second-order valence-corrected chi connectivity index (χ2v) is 14.7. The Bertz CT molecular complexity index is 3150. The van der Waals surface area contributed by atoms with Gasteiger partial charge in [-0.2, -0.15) is 10.5 Å². The van der Waals surface area contributed by atoms with Crippen LogP contribution in [0.15, 0.2) is 182 Å². The summed E-state index contributed by atoms with van der Waals surface area (Å²) in [5.74, 6) is 0. The molecule has 9 aromatic rings. The molecule has 0 saturated heterocycles. The van der Waals surface area contributed by atoms with Crippen LogP contribution in [0.1, 0.15) is 33.4 Å². The van der Waals surface area contributed by atoms with Gasteiger partial charge < -0.3 is 0 Å². The number of rotatable bonds is 4. The van der Waals surface area contributed by atoms with Crippen LogP contribution >= 0.6 is 0 Å². The summed E-state index contributed by atoms with van der Waals surface area (Å²) in [5.41, 5.74) is 18.9. The quantitative estimate of drug-likeness (QED) is 0.181. The van der Waals surface area contributed by atoms with E-state index < -0.39 is 5.41 Å². The number of benzene rings is 7. The molecule has 2 aromatic heterocycles. The number of hydrogen-bond acceptors (Lipinski definition) is 4. The van der Waals surface area contributed by atoms with Crippen LogP contribution in [0, 0.1) is 22.7 Å². The fourth-order valence-corrected chi connectivity index (χ4v) is 9.38. The first-order valence-electron chi connectivity index (χ1n) is 19.0. The van der Waals surface area contributed by atoms with Gasteiger partial charge in [0.2, 0.25) is 0 Å². The zero-order valence-corrected chi connectivity index (χ0v) is 30.6. The molecule has 4 nitrogen and oxygen atoms in total. The topological polar surface area (TPSA) is 73.4 Å². The van der Waals surface area contributed by atoms with Crippen LogP contribution in [-0.2, 0) is 5.41 Å². The minimum absolute atomic E-state index is 0.546. The summed E-state index contributed by atoms with van der Waals surface area (Å²) in [6.07, 6.45) is 3.38. The number of hydrogen-bond donors (Lipinski definition) is 0. The van der Waals surface area contributed by atoms with Gasteiger partial charge >= 0.3 is 0 Å². The summed E-state index contributed by atoms with van der Waals surface area (Å²) >= 11 is 0. The normalized spacial score (nSPS) is 12.7. The van der Waals surface area contributed by atoms with Crippen molar-refractivity contribution in [3.63, 3.8) is 0 Å². The fraction of sp³-hybridized carbons (Fsp3) is 0.0189. The molecule has 0 atom stereocenters. The van der Waals surface area contributed by atoms with Gasteiger partial charge in [0.15, 0.2) is 0 Å². The molecule has 0 radical (unpaired) electrons. The molecule has 0 unspecified atom stereocenters. The Morgan fingerprint density at radius 2 is 0.877 bits per heavy atom. The molecular weight excluding hydrogens is 693 g/mol. The van der Waals surface area contributed by atoms with Gasteiger partial charge in [0.25, 0.3) is 0 Å². The Morgan fingerprint density at radius 1 is 0.368 bits per heavy atom. The van der Waals surface area contributed by atoms with E-state index in [1.165, 1.54) is 60.8 Å². The average molecular weight is 723 g/mol. The highest BCUT2D eigenvalue weighted by Crippen LogP contribution is 2.64. The second kappa shape index (κ2) is 12.6. The molecule has 0 bridgehead atoms. The van der Waals surface area contributed by atoms with Crippen LogP contribution in [0.3, 0.4) is 0 Å². The molecular formula is C53H30N4. The van der Waals surface area contributed by atoms with Crippen molar-refractivity contribution in [2.75, 3.05) is 0 Å². The molecule has 4 heteroatoms. The van der Waals surface area contributed by atoms with Gasteiger partial charge in [-0.1, -0.05) is 133 Å². The maximum absolute atomic E-state index is 9.50. The van der Waals surface area contributed by atoms with Crippen molar-refractivity contribution < 1.29 is 0 Å². The van der Waals surface area contributed by atoms with E-state index >= 15 is 0 Å². The number of nitrogens with zero attached hydrogens (tertiary/aromatic N) is 4. The van der Waals surface area contributed by atoms with Crippen LogP contribution in [0.2, 0.25) is 0 Å². The Labute approximate surface area is 330 Å². The first-order chi connectivity index (χ1) is 28.1. The number of nitriles is 2. The Hall–Kier alpha value is -7.92. The van der Waals surface area contributed by atoms with Gasteiger partial charge in [0.05, 0.1) is 40.1 Å². The van der Waals surface area contributed by atoms with E-state index in [4.69, 9.17) is 0 Å². The summed E-state index contributed by atoms with van der Waals surface area (Å²) in [4.78, 5) is 9.09. The van der Waals surface area contributed by atoms with E-state index in [2.05, 4.69) is 168 Å². The molecule has 2 aliphatic rings. The molecule has 57 heavy (non-hydrogen) atoms. The van der Waals surface area contributed by atoms with Crippen LogP contribution in [0.5, 0.6) is 0 Å². The van der Waals surface area contributed by atoms with E-state index in [1.54, 1.807) is 24.5 Å². The lowest BCUT2D eigenvalue weighted by Crippen LogP contribution is -2.26. The predicted molar refractivity (Wildman–Crippen MR) is 227 cm³/mol. The molecule has 2 heterocycles. The largest absolute Gasteiger partial charge is 0.256 e. The highest BCUT2D eigenvalue weighted by atomic mass is 14.7. The van der Waals surface area contributed by atoms with Crippen molar-refractivity contribution >= 4 is 10.8 Å². The first-order valence-corrected chi connectivity index (χ1v) is 19.0. The Morgan fingerprint density at radius 3 is 1.47 bits per heavy atom. The van der Waals surface area contributed by atoms with E-state index in [-0.39, 0.29) is 0 Å². The van der Waals surface area contributed by atoms with Crippen molar-refractivity contribution in [3.05, 3.63) is 216 Å². The van der Waals surface area contributed by atoms with Crippen LogP contribution in [-0.4, -0.2) is 9.97 Å². The third kappa shape index (κ3) is 4.78. The first kappa shape index (κ1) is 32.5. The molecule has 1 spiro atoms. The molecule has 11 rings (SSSR count). The van der Waals surface area contributed by atoms with Crippen molar-refractivity contribution in [2.45, 2.75) is 5.41 Å². The molecule has 0 aliphatic heterocycles. The van der Waals surface area contributed by atoms with Crippen LogP contribution < -0.4 is 0 Å². The monoisotopic (exact) mass is 722 g/mol. The molecule has 0 fully saturated rings. The SMILES string of the molecule is N#Cc1ccnc(-c2ccc(-c3ccc4c(c3)C3(c5ccccc5-c5ccccc53)c3cc(-c5ccc(-c6cc(C#N)ccn6)cc5)c5ccccc5c3-4)cc2)c1. The lowest BCUT2D eigenvalue weighted by atomic mass is 9.69. The Balaban J connectivity index is 1.14. The molecule has 7 aromatic carbocycles. The molecule has 0 N–H and O–H groups in total. The van der Waals surface area contributed by atoms with Gasteiger partial charge in [-0.05, 0) is 114 Å². The summed E-state index contributed by atoms with van der Waals surface area (Å²) in [5, 5.41) is 21.4. The zero-order chi connectivity index (χ0) is 38.1. The molecule has 262 valence electrons. The van der Waals surface area contributed by atoms with Gasteiger partial charge in [-0.15, -0.1) is 0 Å². The standard InChI is InChI=1S/C53H30N4/c54-31-33-23-25-56-50(27-33)37-17-13-35(14-18-37)39-21-22-44-48(29-39)53(46-11-5-3-8-41(46)42-9-4-6-12-47(42)53)49-30-45(40-7-1-2-10-43(40)52(44)49)36-15-19-38(20-16-36)51-28-34(32-55)24-26-57-51/h1-30H. The van der Waals surface area contributed by atoms with E-state index in [9.17, 15) is 10.5 Å². The third-order valence-corrected chi connectivity index (χ3v) is 11.9. The summed E-state index contributed by atoms with van der Waals surface area (Å²) in [7, 11) is 0. The van der Waals surface area contributed by atoms with Crippen LogP contribution in [0.25, 0.3) is 77.8 Å². The van der Waals surface area contributed by atoms with Crippen LogP contribution in [0.4, 0.5) is 0 Å². The van der Waals surface area contributed by atoms with Gasteiger partial charge in [0.1, 0.15) is 0 Å². The minimum atomic E-state index is -0.546. The Kier molecular flexibility index (Phi) is 7.17. The van der Waals surface area contributed by atoms with Crippen molar-refractivity contribution in [1.82, 2.24) is 9.97 Å². The second-order valence-electron chi connectivity index (χ2n) is 14.7. The lowest BCUT2D eigenvalue weighted by molar-refractivity contribution is 0.795. The average Bonchev–Trinajstić information content (AvgIpc) is 3.76. The van der Waals surface area contributed by atoms with E-state index in [1.807, 2.05) is 12.1 Å². The van der Waals surface area contributed by atoms with E-state index in [0.29, 0.717) is 11.1 Å². The van der Waals surface area contributed by atoms with Crippen molar-refractivity contribution in [3.8, 4) is 79.2 Å². The molecule has 0 amide bonds. The summed E-state index contributed by atoms with van der Waals surface area (Å²) in [6.45, 7) is 0. The number of pyridine rings is 2. The molecule has 2 aliphatic carbocycles. The highest BCUT2D eigenvalue weighted by Gasteiger charge is 2.52. The minimum Gasteiger partial charge on any atom is -0.256 e. The summed E-state index contributed by atoms with van der Waals surface area (Å²) < 4.78 is 0. The molecule has 0 saturated carbocycles.